The topological polar surface area (TPSA) is 92.8 Å². The van der Waals surface area contributed by atoms with Crippen LogP contribution in [0.4, 0.5) is 0 Å². The molecule has 1 amide bonds. The lowest BCUT2D eigenvalue weighted by atomic mass is 9.82. The van der Waals surface area contributed by atoms with Gasteiger partial charge in [-0.05, 0) is 56.5 Å². The largest absolute Gasteiger partial charge is 0.497 e. The molecule has 2 aromatic carbocycles. The molecule has 1 atom stereocenters. The molecule has 0 radical (unpaired) electrons. The molecule has 1 aliphatic rings. The van der Waals surface area contributed by atoms with E-state index in [2.05, 4.69) is 5.32 Å². The van der Waals surface area contributed by atoms with Crippen LogP contribution in [0.15, 0.2) is 53.4 Å². The highest BCUT2D eigenvalue weighted by atomic mass is 32.2. The van der Waals surface area contributed by atoms with Crippen LogP contribution in [0.1, 0.15) is 42.6 Å². The number of rotatable bonds is 7. The average molecular weight is 445 g/mol. The first-order valence-electron chi connectivity index (χ1n) is 10.2. The van der Waals surface area contributed by atoms with E-state index >= 15 is 0 Å². The zero-order chi connectivity index (χ0) is 22.6. The summed E-state index contributed by atoms with van der Waals surface area (Å²) in [5, 5.41) is 2.94. The van der Waals surface area contributed by atoms with Crippen LogP contribution in [0.5, 0.6) is 5.75 Å². The molecule has 0 saturated carbocycles. The number of nitrogens with zero attached hydrogens (tertiary/aromatic N) is 1. The lowest BCUT2D eigenvalue weighted by Crippen LogP contribution is -2.51. The molecule has 0 spiro atoms. The van der Waals surface area contributed by atoms with E-state index in [9.17, 15) is 18.0 Å². The highest BCUT2D eigenvalue weighted by Gasteiger charge is 2.41. The van der Waals surface area contributed by atoms with Crippen LogP contribution in [-0.2, 0) is 21.4 Å². The van der Waals surface area contributed by atoms with Gasteiger partial charge >= 0.3 is 0 Å². The molecule has 0 bridgehead atoms. The standard InChI is InChI=1S/C23H28N2O5S/c1-17(26)19-7-11-21(12-8-19)31(28,29)25-14-4-13-23(2,16-25)22(27)24-15-18-5-9-20(30-3)10-6-18/h5-12H,4,13-16H2,1-3H3,(H,24,27). The Morgan fingerprint density at radius 1 is 1.10 bits per heavy atom. The summed E-state index contributed by atoms with van der Waals surface area (Å²) >= 11 is 0. The van der Waals surface area contributed by atoms with Gasteiger partial charge < -0.3 is 10.1 Å². The molecule has 7 nitrogen and oxygen atoms in total. The van der Waals surface area contributed by atoms with Gasteiger partial charge in [0.25, 0.3) is 0 Å². The number of hydrogen-bond acceptors (Lipinski definition) is 5. The third-order valence-corrected chi connectivity index (χ3v) is 7.58. The molecule has 3 rings (SSSR count). The highest BCUT2D eigenvalue weighted by Crippen LogP contribution is 2.33. The predicted molar refractivity (Wildman–Crippen MR) is 117 cm³/mol. The van der Waals surface area contributed by atoms with E-state index in [1.807, 2.05) is 24.3 Å². The van der Waals surface area contributed by atoms with Crippen molar-refractivity contribution in [1.82, 2.24) is 9.62 Å². The summed E-state index contributed by atoms with van der Waals surface area (Å²) in [5.74, 6) is 0.449. The fraction of sp³-hybridized carbons (Fsp3) is 0.391. The van der Waals surface area contributed by atoms with Gasteiger partial charge in [0.05, 0.1) is 17.4 Å². The minimum Gasteiger partial charge on any atom is -0.497 e. The number of amides is 1. The van der Waals surface area contributed by atoms with Gasteiger partial charge in [-0.25, -0.2) is 8.42 Å². The quantitative estimate of drug-likeness (QED) is 0.663. The van der Waals surface area contributed by atoms with E-state index < -0.39 is 15.4 Å². The van der Waals surface area contributed by atoms with E-state index in [0.717, 1.165) is 11.3 Å². The number of sulfonamides is 1. The van der Waals surface area contributed by atoms with Gasteiger partial charge in [-0.2, -0.15) is 4.31 Å². The second-order valence-corrected chi connectivity index (χ2v) is 10.1. The highest BCUT2D eigenvalue weighted by molar-refractivity contribution is 7.89. The molecule has 1 fully saturated rings. The number of methoxy groups -OCH3 is 1. The Labute approximate surface area is 183 Å². The van der Waals surface area contributed by atoms with Crippen LogP contribution in [0.2, 0.25) is 0 Å². The second kappa shape index (κ2) is 9.20. The van der Waals surface area contributed by atoms with Gasteiger partial charge in [-0.1, -0.05) is 24.3 Å². The molecule has 2 aromatic rings. The molecule has 0 aromatic heterocycles. The van der Waals surface area contributed by atoms with Crippen molar-refractivity contribution in [3.05, 3.63) is 59.7 Å². The normalized spacial score (nSPS) is 19.6. The van der Waals surface area contributed by atoms with E-state index in [0.29, 0.717) is 31.5 Å². The second-order valence-electron chi connectivity index (χ2n) is 8.11. The molecular formula is C23H28N2O5S. The summed E-state index contributed by atoms with van der Waals surface area (Å²) in [6.45, 7) is 4.06. The summed E-state index contributed by atoms with van der Waals surface area (Å²) in [7, 11) is -2.16. The lowest BCUT2D eigenvalue weighted by molar-refractivity contribution is -0.132. The maximum absolute atomic E-state index is 13.1. The van der Waals surface area contributed by atoms with Crippen LogP contribution >= 0.6 is 0 Å². The predicted octanol–water partition coefficient (Wildman–Crippen LogP) is 3.01. The van der Waals surface area contributed by atoms with Crippen LogP contribution in [0, 0.1) is 5.41 Å². The smallest absolute Gasteiger partial charge is 0.243 e. The molecule has 1 unspecified atom stereocenters. The lowest BCUT2D eigenvalue weighted by Gasteiger charge is -2.38. The fourth-order valence-corrected chi connectivity index (χ4v) is 5.34. The van der Waals surface area contributed by atoms with Crippen molar-refractivity contribution < 1.29 is 22.7 Å². The van der Waals surface area contributed by atoms with Crippen molar-refractivity contribution in [3.63, 3.8) is 0 Å². The van der Waals surface area contributed by atoms with Gasteiger partial charge in [-0.15, -0.1) is 0 Å². The van der Waals surface area contributed by atoms with E-state index in [-0.39, 0.29) is 23.1 Å². The molecule has 8 heteroatoms. The summed E-state index contributed by atoms with van der Waals surface area (Å²) in [6.07, 6.45) is 1.20. The summed E-state index contributed by atoms with van der Waals surface area (Å²) in [6, 6.07) is 13.3. The van der Waals surface area contributed by atoms with E-state index in [1.54, 1.807) is 14.0 Å². The Hall–Kier alpha value is -2.71. The van der Waals surface area contributed by atoms with Crippen molar-refractivity contribution in [2.45, 2.75) is 38.1 Å². The number of ether oxygens (including phenoxy) is 1. The summed E-state index contributed by atoms with van der Waals surface area (Å²) < 4.78 is 32.7. The Bertz CT molecular complexity index is 1050. The summed E-state index contributed by atoms with van der Waals surface area (Å²) in [4.78, 5) is 24.5. The van der Waals surface area contributed by atoms with Crippen LogP contribution < -0.4 is 10.1 Å². The first-order chi connectivity index (χ1) is 14.7. The van der Waals surface area contributed by atoms with E-state index in [1.165, 1.54) is 35.5 Å². The zero-order valence-electron chi connectivity index (χ0n) is 18.1. The van der Waals surface area contributed by atoms with E-state index in [4.69, 9.17) is 4.74 Å². The Morgan fingerprint density at radius 2 is 1.74 bits per heavy atom. The molecule has 0 aliphatic carbocycles. The number of ketones is 1. The number of carbonyl (C=O) groups is 2. The fourth-order valence-electron chi connectivity index (χ4n) is 3.73. The third kappa shape index (κ3) is 5.14. The van der Waals surface area contributed by atoms with Crippen LogP contribution in [0.25, 0.3) is 0 Å². The number of piperidine rings is 1. The minimum atomic E-state index is -3.76. The maximum Gasteiger partial charge on any atom is 0.243 e. The first-order valence-corrected chi connectivity index (χ1v) is 11.6. The van der Waals surface area contributed by atoms with Gasteiger partial charge in [0.2, 0.25) is 15.9 Å². The Kier molecular flexibility index (Phi) is 6.81. The van der Waals surface area contributed by atoms with Gasteiger partial charge in [0.1, 0.15) is 5.75 Å². The number of benzene rings is 2. The van der Waals surface area contributed by atoms with Crippen molar-refractivity contribution >= 4 is 21.7 Å². The number of Topliss-reactive ketones (excluding diaryl/α,β-unsaturated/α-hetero) is 1. The molecule has 166 valence electrons. The Balaban J connectivity index is 1.69. The molecule has 31 heavy (non-hydrogen) atoms. The molecular weight excluding hydrogens is 416 g/mol. The Morgan fingerprint density at radius 3 is 2.32 bits per heavy atom. The van der Waals surface area contributed by atoms with Gasteiger partial charge in [0, 0.05) is 25.2 Å². The van der Waals surface area contributed by atoms with Crippen molar-refractivity contribution in [2.75, 3.05) is 20.2 Å². The molecule has 1 heterocycles. The zero-order valence-corrected chi connectivity index (χ0v) is 18.9. The maximum atomic E-state index is 13.1. The third-order valence-electron chi connectivity index (χ3n) is 5.72. The SMILES string of the molecule is COc1ccc(CNC(=O)C2(C)CCCN(S(=O)(=O)c3ccc(C(C)=O)cc3)C2)cc1. The molecule has 1 saturated heterocycles. The van der Waals surface area contributed by atoms with Crippen molar-refractivity contribution in [3.8, 4) is 5.75 Å². The van der Waals surface area contributed by atoms with Crippen LogP contribution in [-0.4, -0.2) is 44.6 Å². The number of nitrogens with one attached hydrogen (secondary N) is 1. The number of carbonyl (C=O) groups excluding carboxylic acids is 2. The summed E-state index contributed by atoms with van der Waals surface area (Å²) in [5.41, 5.74) is 0.570. The average Bonchev–Trinajstić information content (AvgIpc) is 2.77. The van der Waals surface area contributed by atoms with Crippen LogP contribution in [0.3, 0.4) is 0 Å². The van der Waals surface area contributed by atoms with Crippen molar-refractivity contribution in [2.24, 2.45) is 5.41 Å². The molecule has 1 aliphatic heterocycles. The number of hydrogen-bond donors (Lipinski definition) is 1. The first kappa shape index (κ1) is 23.0. The van der Waals surface area contributed by atoms with Gasteiger partial charge in [0.15, 0.2) is 5.78 Å². The van der Waals surface area contributed by atoms with Gasteiger partial charge in [-0.3, -0.25) is 9.59 Å². The minimum absolute atomic E-state index is 0.109. The monoisotopic (exact) mass is 444 g/mol. The van der Waals surface area contributed by atoms with Crippen molar-refractivity contribution in [1.29, 1.82) is 0 Å². The molecule has 1 N–H and O–H groups in total.